The van der Waals surface area contributed by atoms with Crippen LogP contribution in [0.3, 0.4) is 0 Å². The molecule has 2 rings (SSSR count). The molecule has 0 aromatic heterocycles. The van der Waals surface area contributed by atoms with E-state index in [2.05, 4.69) is 15.5 Å². The fourth-order valence-electron chi connectivity index (χ4n) is 1.96. The SMILES string of the molecule is CC(C)c1cc(Cl)c(O)c(C=NN=C2NC(=O)C(CC(=O)O)S2)c1. The van der Waals surface area contributed by atoms with Crippen molar-refractivity contribution in [2.75, 3.05) is 0 Å². The number of carbonyl (C=O) groups excluding carboxylic acids is 1. The first-order valence-corrected chi connectivity index (χ1v) is 8.36. The average molecular weight is 370 g/mol. The summed E-state index contributed by atoms with van der Waals surface area (Å²) in [7, 11) is 0. The second kappa shape index (κ2) is 7.67. The number of amides is 1. The number of halogens is 1. The van der Waals surface area contributed by atoms with Crippen molar-refractivity contribution in [1.29, 1.82) is 0 Å². The highest BCUT2D eigenvalue weighted by Crippen LogP contribution is 2.31. The zero-order chi connectivity index (χ0) is 17.9. The molecule has 1 aliphatic rings. The molecule has 128 valence electrons. The number of rotatable bonds is 5. The zero-order valence-electron chi connectivity index (χ0n) is 13.0. The number of thioether (sulfide) groups is 1. The van der Waals surface area contributed by atoms with Gasteiger partial charge in [0.15, 0.2) is 5.17 Å². The first-order valence-electron chi connectivity index (χ1n) is 7.10. The first kappa shape index (κ1) is 18.3. The van der Waals surface area contributed by atoms with Crippen molar-refractivity contribution in [1.82, 2.24) is 5.32 Å². The molecular weight excluding hydrogens is 354 g/mol. The third-order valence-electron chi connectivity index (χ3n) is 3.26. The van der Waals surface area contributed by atoms with Gasteiger partial charge in [-0.15, -0.1) is 5.10 Å². The van der Waals surface area contributed by atoms with E-state index >= 15 is 0 Å². The maximum Gasteiger partial charge on any atom is 0.305 e. The number of nitrogens with one attached hydrogen (secondary N) is 1. The van der Waals surface area contributed by atoms with Crippen molar-refractivity contribution in [3.8, 4) is 5.75 Å². The Hall–Kier alpha value is -2.06. The molecular formula is C15H16ClN3O4S. The van der Waals surface area contributed by atoms with Crippen LogP contribution in [-0.2, 0) is 9.59 Å². The van der Waals surface area contributed by atoms with Gasteiger partial charge in [0.05, 0.1) is 17.7 Å². The molecule has 9 heteroatoms. The average Bonchev–Trinajstić information content (AvgIpc) is 2.82. The molecule has 3 N–H and O–H groups in total. The molecule has 0 radical (unpaired) electrons. The number of carboxylic acid groups (broad SMARTS) is 1. The van der Waals surface area contributed by atoms with E-state index < -0.39 is 17.1 Å². The minimum Gasteiger partial charge on any atom is -0.506 e. The van der Waals surface area contributed by atoms with Crippen LogP contribution in [0.4, 0.5) is 0 Å². The lowest BCUT2D eigenvalue weighted by Crippen LogP contribution is -2.26. The zero-order valence-corrected chi connectivity index (χ0v) is 14.6. The van der Waals surface area contributed by atoms with Gasteiger partial charge in [0, 0.05) is 5.56 Å². The second-order valence-electron chi connectivity index (χ2n) is 5.44. The van der Waals surface area contributed by atoms with Crippen molar-refractivity contribution >= 4 is 46.6 Å². The Morgan fingerprint density at radius 1 is 1.50 bits per heavy atom. The number of hydrogen-bond donors (Lipinski definition) is 3. The van der Waals surface area contributed by atoms with Crippen molar-refractivity contribution < 1.29 is 19.8 Å². The second-order valence-corrected chi connectivity index (χ2v) is 7.04. The Morgan fingerprint density at radius 3 is 2.83 bits per heavy atom. The molecule has 1 fully saturated rings. The van der Waals surface area contributed by atoms with E-state index in [0.29, 0.717) is 5.56 Å². The van der Waals surface area contributed by atoms with Crippen molar-refractivity contribution in [3.63, 3.8) is 0 Å². The number of aliphatic carboxylic acids is 1. The van der Waals surface area contributed by atoms with Gasteiger partial charge in [-0.05, 0) is 23.6 Å². The Labute approximate surface area is 147 Å². The molecule has 24 heavy (non-hydrogen) atoms. The molecule has 0 aliphatic carbocycles. The molecule has 1 aromatic rings. The van der Waals surface area contributed by atoms with Gasteiger partial charge in [-0.2, -0.15) is 5.10 Å². The standard InChI is InChI=1S/C15H16ClN3O4S/c1-7(2)8-3-9(13(22)10(16)4-8)6-17-19-15-18-14(23)11(24-15)5-12(20)21/h3-4,6-7,11,22H,5H2,1-2H3,(H,20,21)(H,18,19,23). The highest BCUT2D eigenvalue weighted by molar-refractivity contribution is 8.15. The molecule has 7 nitrogen and oxygen atoms in total. The quantitative estimate of drug-likeness (QED) is 0.545. The normalized spacial score (nSPS) is 19.4. The minimum absolute atomic E-state index is 0.100. The van der Waals surface area contributed by atoms with Crippen molar-refractivity contribution in [3.05, 3.63) is 28.3 Å². The molecule has 1 heterocycles. The topological polar surface area (TPSA) is 111 Å². The maximum absolute atomic E-state index is 11.6. The van der Waals surface area contributed by atoms with Crippen LogP contribution in [0.2, 0.25) is 5.02 Å². The van der Waals surface area contributed by atoms with Gasteiger partial charge >= 0.3 is 5.97 Å². The van der Waals surface area contributed by atoms with Gasteiger partial charge in [-0.3, -0.25) is 9.59 Å². The number of phenols is 1. The van der Waals surface area contributed by atoms with Crippen LogP contribution in [0, 0.1) is 0 Å². The number of hydrogen-bond acceptors (Lipinski definition) is 6. The fourth-order valence-corrected chi connectivity index (χ4v) is 3.11. The largest absolute Gasteiger partial charge is 0.506 e. The summed E-state index contributed by atoms with van der Waals surface area (Å²) in [6.45, 7) is 3.99. The van der Waals surface area contributed by atoms with Gasteiger partial charge < -0.3 is 15.5 Å². The van der Waals surface area contributed by atoms with Crippen LogP contribution in [0.15, 0.2) is 22.3 Å². The molecule has 1 amide bonds. The minimum atomic E-state index is -1.06. The lowest BCUT2D eigenvalue weighted by atomic mass is 10.0. The van der Waals surface area contributed by atoms with E-state index in [0.717, 1.165) is 17.3 Å². The summed E-state index contributed by atoms with van der Waals surface area (Å²) in [4.78, 5) is 22.2. The van der Waals surface area contributed by atoms with Crippen LogP contribution in [0.1, 0.15) is 37.3 Å². The molecule has 1 aromatic carbocycles. The number of nitrogens with zero attached hydrogens (tertiary/aromatic N) is 2. The van der Waals surface area contributed by atoms with Crippen LogP contribution in [0.25, 0.3) is 0 Å². The summed E-state index contributed by atoms with van der Waals surface area (Å²) >= 11 is 7.00. The lowest BCUT2D eigenvalue weighted by molar-refractivity contribution is -0.138. The molecule has 0 bridgehead atoms. The highest BCUT2D eigenvalue weighted by atomic mass is 35.5. The predicted molar refractivity (Wildman–Crippen MR) is 94.0 cm³/mol. The summed E-state index contributed by atoms with van der Waals surface area (Å²) in [6, 6.07) is 3.44. The van der Waals surface area contributed by atoms with E-state index in [9.17, 15) is 14.7 Å². The molecule has 1 atom stereocenters. The number of phenolic OH excluding ortho intramolecular Hbond substituents is 1. The summed E-state index contributed by atoms with van der Waals surface area (Å²) in [5.41, 5.74) is 1.35. The maximum atomic E-state index is 11.6. The van der Waals surface area contributed by atoms with Gasteiger partial charge in [-0.1, -0.05) is 37.2 Å². The molecule has 1 aliphatic heterocycles. The summed E-state index contributed by atoms with van der Waals surface area (Å²) in [5, 5.41) is 28.6. The molecule has 1 unspecified atom stereocenters. The number of aromatic hydroxyl groups is 1. The molecule has 0 saturated carbocycles. The van der Waals surface area contributed by atoms with E-state index in [4.69, 9.17) is 16.7 Å². The van der Waals surface area contributed by atoms with Gasteiger partial charge in [-0.25, -0.2) is 0 Å². The van der Waals surface area contributed by atoms with Crippen molar-refractivity contribution in [2.24, 2.45) is 10.2 Å². The van der Waals surface area contributed by atoms with Crippen LogP contribution < -0.4 is 5.32 Å². The number of carboxylic acids is 1. The Kier molecular flexibility index (Phi) is 5.84. The van der Waals surface area contributed by atoms with Crippen molar-refractivity contribution in [2.45, 2.75) is 31.4 Å². The van der Waals surface area contributed by atoms with Gasteiger partial charge in [0.25, 0.3) is 0 Å². The highest BCUT2D eigenvalue weighted by Gasteiger charge is 2.32. The Morgan fingerprint density at radius 2 is 2.21 bits per heavy atom. The van der Waals surface area contributed by atoms with Crippen LogP contribution in [0.5, 0.6) is 5.75 Å². The smallest absolute Gasteiger partial charge is 0.305 e. The Balaban J connectivity index is 2.15. The summed E-state index contributed by atoms with van der Waals surface area (Å²) in [5.74, 6) is -1.35. The molecule has 1 saturated heterocycles. The number of benzene rings is 1. The predicted octanol–water partition coefficient (Wildman–Crippen LogP) is 2.57. The first-order chi connectivity index (χ1) is 11.3. The van der Waals surface area contributed by atoms with Crippen LogP contribution in [-0.4, -0.2) is 38.7 Å². The monoisotopic (exact) mass is 369 g/mol. The lowest BCUT2D eigenvalue weighted by Gasteiger charge is -2.09. The number of amidine groups is 1. The Bertz CT molecular complexity index is 734. The van der Waals surface area contributed by atoms with E-state index in [1.165, 1.54) is 6.21 Å². The number of carbonyl (C=O) groups is 2. The third-order valence-corrected chi connectivity index (χ3v) is 4.62. The fraction of sp³-hybridized carbons (Fsp3) is 0.333. The van der Waals surface area contributed by atoms with Gasteiger partial charge in [0.1, 0.15) is 11.0 Å². The third kappa shape index (κ3) is 4.48. The summed E-state index contributed by atoms with van der Waals surface area (Å²) in [6.07, 6.45) is 1.05. The van der Waals surface area contributed by atoms with Crippen LogP contribution >= 0.6 is 23.4 Å². The molecule has 0 spiro atoms. The van der Waals surface area contributed by atoms with E-state index in [1.807, 2.05) is 13.8 Å². The van der Waals surface area contributed by atoms with Gasteiger partial charge in [0.2, 0.25) is 5.91 Å². The summed E-state index contributed by atoms with van der Waals surface area (Å²) < 4.78 is 0. The van der Waals surface area contributed by atoms with E-state index in [1.54, 1.807) is 12.1 Å². The van der Waals surface area contributed by atoms with E-state index in [-0.39, 0.29) is 28.3 Å².